The van der Waals surface area contributed by atoms with Crippen molar-refractivity contribution in [1.82, 2.24) is 4.90 Å². The van der Waals surface area contributed by atoms with Gasteiger partial charge in [0, 0.05) is 38.6 Å². The number of hydrogen-bond acceptors (Lipinski definition) is 6. The van der Waals surface area contributed by atoms with E-state index in [0.29, 0.717) is 36.1 Å². The molecule has 2 aliphatic rings. The van der Waals surface area contributed by atoms with E-state index in [9.17, 15) is 4.79 Å². The van der Waals surface area contributed by atoms with Crippen molar-refractivity contribution in [3.8, 4) is 17.2 Å². The van der Waals surface area contributed by atoms with Gasteiger partial charge in [0.2, 0.25) is 11.7 Å². The van der Waals surface area contributed by atoms with E-state index in [0.717, 1.165) is 17.6 Å². The van der Waals surface area contributed by atoms with Gasteiger partial charge in [0.15, 0.2) is 17.1 Å². The Morgan fingerprint density at radius 1 is 1.00 bits per heavy atom. The summed E-state index contributed by atoms with van der Waals surface area (Å²) in [5.41, 5.74) is 0.998. The Labute approximate surface area is 171 Å². The van der Waals surface area contributed by atoms with Crippen LogP contribution in [0.5, 0.6) is 17.2 Å². The maximum Gasteiger partial charge on any atom is 0.219 e. The number of piperidine rings is 1. The van der Waals surface area contributed by atoms with E-state index in [-0.39, 0.29) is 11.8 Å². The predicted octanol–water partition coefficient (Wildman–Crippen LogP) is 2.89. The molecule has 0 bridgehead atoms. The summed E-state index contributed by atoms with van der Waals surface area (Å²) in [5.74, 6) is 2.33. The molecule has 1 aromatic carbocycles. The van der Waals surface area contributed by atoms with Gasteiger partial charge in [-0.05, 0) is 30.2 Å². The Bertz CT molecular complexity index is 846. The molecule has 0 aromatic heterocycles. The second-order valence-corrected chi connectivity index (χ2v) is 7.08. The van der Waals surface area contributed by atoms with E-state index < -0.39 is 5.60 Å². The van der Waals surface area contributed by atoms with Gasteiger partial charge in [-0.2, -0.15) is 0 Å². The Kier molecular flexibility index (Phi) is 6.07. The van der Waals surface area contributed by atoms with E-state index in [1.807, 2.05) is 29.2 Å². The van der Waals surface area contributed by atoms with Gasteiger partial charge in [-0.25, -0.2) is 0 Å². The highest BCUT2D eigenvalue weighted by Crippen LogP contribution is 2.54. The molecule has 158 valence electrons. The van der Waals surface area contributed by atoms with Gasteiger partial charge in [0.05, 0.1) is 28.4 Å². The van der Waals surface area contributed by atoms with Gasteiger partial charge in [0.25, 0.3) is 0 Å². The van der Waals surface area contributed by atoms with Crippen molar-refractivity contribution in [2.24, 2.45) is 5.92 Å². The van der Waals surface area contributed by atoms with E-state index in [2.05, 4.69) is 0 Å². The summed E-state index contributed by atoms with van der Waals surface area (Å²) in [4.78, 5) is 13.8. The van der Waals surface area contributed by atoms with Gasteiger partial charge < -0.3 is 28.6 Å². The summed E-state index contributed by atoms with van der Waals surface area (Å²) in [6, 6.07) is 3.77. The smallest absolute Gasteiger partial charge is 0.219 e. The molecule has 0 radical (unpaired) electrons. The van der Waals surface area contributed by atoms with Crippen molar-refractivity contribution in [2.75, 3.05) is 48.6 Å². The third-order valence-corrected chi connectivity index (χ3v) is 5.91. The second-order valence-electron chi connectivity index (χ2n) is 7.08. The molecule has 29 heavy (non-hydrogen) atoms. The van der Waals surface area contributed by atoms with Crippen LogP contribution in [0.2, 0.25) is 0 Å². The Morgan fingerprint density at radius 2 is 1.72 bits per heavy atom. The lowest BCUT2D eigenvalue weighted by molar-refractivity contribution is -0.131. The lowest BCUT2D eigenvalue weighted by Crippen LogP contribution is -2.49. The SMILES string of the molecule is COC1=CC=C2CN(C(C)=O)CCC2C1(OC)c1ccc(OC)c(OC)c1OC. The predicted molar refractivity (Wildman–Crippen MR) is 108 cm³/mol. The summed E-state index contributed by atoms with van der Waals surface area (Å²) in [5, 5.41) is 0. The molecule has 1 saturated heterocycles. The number of carbonyl (C=O) groups excluding carboxylic acids is 1. The van der Waals surface area contributed by atoms with Crippen molar-refractivity contribution < 1.29 is 28.5 Å². The molecule has 1 fully saturated rings. The molecule has 2 atom stereocenters. The summed E-state index contributed by atoms with van der Waals surface area (Å²) in [7, 11) is 8.06. The van der Waals surface area contributed by atoms with Crippen molar-refractivity contribution in [2.45, 2.75) is 18.9 Å². The van der Waals surface area contributed by atoms with E-state index in [1.54, 1.807) is 42.5 Å². The maximum absolute atomic E-state index is 11.9. The van der Waals surface area contributed by atoms with Crippen LogP contribution >= 0.6 is 0 Å². The summed E-state index contributed by atoms with van der Waals surface area (Å²) >= 11 is 0. The summed E-state index contributed by atoms with van der Waals surface area (Å²) in [6.07, 6.45) is 4.68. The van der Waals surface area contributed by atoms with Gasteiger partial charge in [-0.15, -0.1) is 0 Å². The van der Waals surface area contributed by atoms with Gasteiger partial charge >= 0.3 is 0 Å². The van der Waals surface area contributed by atoms with Gasteiger partial charge in [0.1, 0.15) is 5.76 Å². The number of hydrogen-bond donors (Lipinski definition) is 0. The minimum absolute atomic E-state index is 0.0185. The van der Waals surface area contributed by atoms with Crippen molar-refractivity contribution in [3.63, 3.8) is 0 Å². The number of allylic oxidation sites excluding steroid dienone is 2. The summed E-state index contributed by atoms with van der Waals surface area (Å²) in [6.45, 7) is 2.81. The van der Waals surface area contributed by atoms with Gasteiger partial charge in [-0.3, -0.25) is 4.79 Å². The molecule has 1 amide bonds. The number of fused-ring (bicyclic) bond motifs is 1. The minimum Gasteiger partial charge on any atom is -0.498 e. The topological polar surface area (TPSA) is 66.5 Å². The molecule has 1 aliphatic carbocycles. The normalized spacial score (nSPS) is 23.5. The van der Waals surface area contributed by atoms with E-state index in [1.165, 1.54) is 0 Å². The number of rotatable bonds is 6. The highest BCUT2D eigenvalue weighted by atomic mass is 16.5. The number of amides is 1. The quantitative estimate of drug-likeness (QED) is 0.728. The zero-order chi connectivity index (χ0) is 21.2. The zero-order valence-corrected chi connectivity index (χ0v) is 17.9. The average molecular weight is 403 g/mol. The van der Waals surface area contributed by atoms with Crippen LogP contribution in [-0.4, -0.2) is 59.4 Å². The highest BCUT2D eigenvalue weighted by Gasteiger charge is 2.52. The van der Waals surface area contributed by atoms with Crippen LogP contribution < -0.4 is 14.2 Å². The molecule has 0 N–H and O–H groups in total. The molecule has 1 aliphatic heterocycles. The number of nitrogens with zero attached hydrogens (tertiary/aromatic N) is 1. The van der Waals surface area contributed by atoms with Crippen LogP contribution in [0.3, 0.4) is 0 Å². The van der Waals surface area contributed by atoms with Crippen LogP contribution in [-0.2, 0) is 19.9 Å². The molecule has 2 unspecified atom stereocenters. The first-order valence-electron chi connectivity index (χ1n) is 9.53. The first kappa shape index (κ1) is 21.0. The highest BCUT2D eigenvalue weighted by molar-refractivity contribution is 5.74. The number of methoxy groups -OCH3 is 5. The maximum atomic E-state index is 11.9. The van der Waals surface area contributed by atoms with E-state index >= 15 is 0 Å². The Morgan fingerprint density at radius 3 is 2.28 bits per heavy atom. The minimum atomic E-state index is -0.910. The van der Waals surface area contributed by atoms with Crippen molar-refractivity contribution in [3.05, 3.63) is 41.2 Å². The van der Waals surface area contributed by atoms with E-state index in [4.69, 9.17) is 23.7 Å². The Hall–Kier alpha value is -2.67. The third-order valence-electron chi connectivity index (χ3n) is 5.91. The van der Waals surface area contributed by atoms with Crippen molar-refractivity contribution >= 4 is 5.91 Å². The van der Waals surface area contributed by atoms with Crippen LogP contribution in [0.4, 0.5) is 0 Å². The van der Waals surface area contributed by atoms with Crippen LogP contribution in [0.15, 0.2) is 35.6 Å². The molecule has 3 rings (SSSR count). The van der Waals surface area contributed by atoms with Gasteiger partial charge in [-0.1, -0.05) is 6.08 Å². The fraction of sp³-hybridized carbons (Fsp3) is 0.500. The number of likely N-dealkylation sites (tertiary alicyclic amines) is 1. The first-order valence-corrected chi connectivity index (χ1v) is 9.53. The molecular formula is C22H29NO6. The largest absolute Gasteiger partial charge is 0.498 e. The Balaban J connectivity index is 2.21. The fourth-order valence-corrected chi connectivity index (χ4v) is 4.55. The standard InChI is InChI=1S/C22H29NO6/c1-14(24)23-12-11-16-15(13-23)7-10-19(26-3)22(16,29-6)17-8-9-18(25-2)21(28-5)20(17)27-4/h7-10,16H,11-13H2,1-6H3. The molecule has 1 heterocycles. The number of benzene rings is 1. The molecule has 0 spiro atoms. The monoisotopic (exact) mass is 403 g/mol. The molecule has 0 saturated carbocycles. The van der Waals surface area contributed by atoms with Crippen LogP contribution in [0.1, 0.15) is 18.9 Å². The van der Waals surface area contributed by atoms with Crippen molar-refractivity contribution in [1.29, 1.82) is 0 Å². The third kappa shape index (κ3) is 3.23. The van der Waals surface area contributed by atoms with Crippen LogP contribution in [0.25, 0.3) is 0 Å². The molecule has 7 nitrogen and oxygen atoms in total. The average Bonchev–Trinajstić information content (AvgIpc) is 2.76. The lowest BCUT2D eigenvalue weighted by atomic mass is 9.69. The summed E-state index contributed by atoms with van der Waals surface area (Å²) < 4.78 is 28.8. The zero-order valence-electron chi connectivity index (χ0n) is 17.9. The first-order chi connectivity index (χ1) is 14.0. The molecule has 7 heteroatoms. The fourth-order valence-electron chi connectivity index (χ4n) is 4.55. The number of ether oxygens (including phenoxy) is 5. The lowest BCUT2D eigenvalue weighted by Gasteiger charge is -2.47. The number of carbonyl (C=O) groups is 1. The van der Waals surface area contributed by atoms with Crippen LogP contribution in [0, 0.1) is 5.92 Å². The molecule has 1 aromatic rings. The second kappa shape index (κ2) is 8.37. The molecular weight excluding hydrogens is 374 g/mol.